The zero-order valence-corrected chi connectivity index (χ0v) is 14.2. The van der Waals surface area contributed by atoms with Gasteiger partial charge in [0.1, 0.15) is 6.04 Å². The number of hydrogen-bond donors (Lipinski definition) is 1. The van der Waals surface area contributed by atoms with E-state index in [-0.39, 0.29) is 5.91 Å². The first kappa shape index (κ1) is 16.6. The van der Waals surface area contributed by atoms with Gasteiger partial charge in [-0.05, 0) is 25.1 Å². The summed E-state index contributed by atoms with van der Waals surface area (Å²) in [5.41, 5.74) is 1.66. The molecule has 1 atom stereocenters. The lowest BCUT2D eigenvalue weighted by Crippen LogP contribution is -2.38. The van der Waals surface area contributed by atoms with Gasteiger partial charge in [-0.2, -0.15) is 5.10 Å². The number of amides is 1. The van der Waals surface area contributed by atoms with Crippen molar-refractivity contribution in [3.05, 3.63) is 46.2 Å². The summed E-state index contributed by atoms with van der Waals surface area (Å²) in [6, 6.07) is 4.73. The number of nitrogens with one attached hydrogen (secondary N) is 1. The number of rotatable bonds is 5. The average Bonchev–Trinajstić information content (AvgIpc) is 2.86. The molecule has 0 fully saturated rings. The molecule has 118 valence electrons. The van der Waals surface area contributed by atoms with Crippen molar-refractivity contribution in [3.8, 4) is 0 Å². The van der Waals surface area contributed by atoms with Gasteiger partial charge in [-0.15, -0.1) is 0 Å². The van der Waals surface area contributed by atoms with Gasteiger partial charge in [0.15, 0.2) is 0 Å². The van der Waals surface area contributed by atoms with E-state index in [4.69, 9.17) is 23.2 Å². The third-order valence-electron chi connectivity index (χ3n) is 3.23. The maximum absolute atomic E-state index is 12.4. The highest BCUT2D eigenvalue weighted by molar-refractivity contribution is 6.36. The molecule has 0 spiro atoms. The lowest BCUT2D eigenvalue weighted by Gasteiger charge is -2.22. The quantitative estimate of drug-likeness (QED) is 0.909. The summed E-state index contributed by atoms with van der Waals surface area (Å²) in [6.45, 7) is 2.31. The standard InChI is InChI=1S/C15H18Cl2N4O/c1-10(19-14-5-4-12(16)6-13(14)17)15(22)20(2)8-11-7-18-21(3)9-11/h4-7,9-10,19H,8H2,1-3H3/t10-/m1/s1. The molecule has 22 heavy (non-hydrogen) atoms. The van der Waals surface area contributed by atoms with Crippen molar-refractivity contribution in [1.29, 1.82) is 0 Å². The minimum absolute atomic E-state index is 0.0325. The Kier molecular flexibility index (Phi) is 5.32. The van der Waals surface area contributed by atoms with Crippen molar-refractivity contribution >= 4 is 34.8 Å². The molecule has 0 aliphatic rings. The number of carbonyl (C=O) groups is 1. The summed E-state index contributed by atoms with van der Waals surface area (Å²) in [5.74, 6) is -0.0325. The predicted octanol–water partition coefficient (Wildman–Crippen LogP) is 3.19. The third-order valence-corrected chi connectivity index (χ3v) is 3.78. The van der Waals surface area contributed by atoms with Crippen molar-refractivity contribution < 1.29 is 4.79 Å². The van der Waals surface area contributed by atoms with Gasteiger partial charge < -0.3 is 10.2 Å². The zero-order chi connectivity index (χ0) is 16.3. The summed E-state index contributed by atoms with van der Waals surface area (Å²) in [6.07, 6.45) is 3.63. The molecule has 1 aromatic carbocycles. The first-order valence-electron chi connectivity index (χ1n) is 6.81. The molecule has 0 aliphatic heterocycles. The van der Waals surface area contributed by atoms with Crippen LogP contribution in [0.2, 0.25) is 10.0 Å². The van der Waals surface area contributed by atoms with Crippen LogP contribution in [0.25, 0.3) is 0 Å². The number of carbonyl (C=O) groups excluding carboxylic acids is 1. The average molecular weight is 341 g/mol. The predicted molar refractivity (Wildman–Crippen MR) is 89.2 cm³/mol. The number of aromatic nitrogens is 2. The summed E-state index contributed by atoms with van der Waals surface area (Å²) in [5, 5.41) is 8.25. The van der Waals surface area contributed by atoms with Crippen molar-refractivity contribution in [3.63, 3.8) is 0 Å². The van der Waals surface area contributed by atoms with Gasteiger partial charge in [0.05, 0.1) is 16.9 Å². The van der Waals surface area contributed by atoms with Gasteiger partial charge in [0.25, 0.3) is 0 Å². The normalized spacial score (nSPS) is 12.0. The van der Waals surface area contributed by atoms with Crippen LogP contribution >= 0.6 is 23.2 Å². The second-order valence-electron chi connectivity index (χ2n) is 5.21. The van der Waals surface area contributed by atoms with Crippen LogP contribution < -0.4 is 5.32 Å². The van der Waals surface area contributed by atoms with Crippen molar-refractivity contribution in [2.45, 2.75) is 19.5 Å². The van der Waals surface area contributed by atoms with E-state index in [1.807, 2.05) is 13.2 Å². The van der Waals surface area contributed by atoms with E-state index in [9.17, 15) is 4.79 Å². The molecule has 1 N–H and O–H groups in total. The van der Waals surface area contributed by atoms with Gasteiger partial charge in [0.2, 0.25) is 5.91 Å². The van der Waals surface area contributed by atoms with E-state index in [2.05, 4.69) is 10.4 Å². The molecule has 0 radical (unpaired) electrons. The molecule has 1 heterocycles. The molecule has 1 aromatic heterocycles. The number of halogens is 2. The van der Waals surface area contributed by atoms with Crippen LogP contribution in [-0.2, 0) is 18.4 Å². The molecule has 0 saturated heterocycles. The molecule has 2 rings (SSSR count). The summed E-state index contributed by atoms with van der Waals surface area (Å²) >= 11 is 12.0. The largest absolute Gasteiger partial charge is 0.373 e. The summed E-state index contributed by atoms with van der Waals surface area (Å²) in [4.78, 5) is 14.1. The number of likely N-dealkylation sites (N-methyl/N-ethyl adjacent to an activating group) is 1. The molecular formula is C15H18Cl2N4O. The number of anilines is 1. The van der Waals surface area contributed by atoms with E-state index in [0.717, 1.165) is 5.56 Å². The molecule has 0 aliphatic carbocycles. The zero-order valence-electron chi connectivity index (χ0n) is 12.7. The number of hydrogen-bond acceptors (Lipinski definition) is 3. The van der Waals surface area contributed by atoms with Crippen LogP contribution in [0.5, 0.6) is 0 Å². The fourth-order valence-electron chi connectivity index (χ4n) is 2.14. The van der Waals surface area contributed by atoms with Gasteiger partial charge in [-0.1, -0.05) is 23.2 Å². The topological polar surface area (TPSA) is 50.2 Å². The Morgan fingerprint density at radius 2 is 2.18 bits per heavy atom. The Morgan fingerprint density at radius 3 is 2.77 bits per heavy atom. The maximum Gasteiger partial charge on any atom is 0.244 e. The lowest BCUT2D eigenvalue weighted by atomic mass is 10.2. The molecule has 2 aromatic rings. The highest BCUT2D eigenvalue weighted by atomic mass is 35.5. The van der Waals surface area contributed by atoms with Gasteiger partial charge >= 0.3 is 0 Å². The van der Waals surface area contributed by atoms with E-state index >= 15 is 0 Å². The Labute approximate surface area is 139 Å². The molecule has 0 saturated carbocycles. The van der Waals surface area contributed by atoms with E-state index in [0.29, 0.717) is 22.3 Å². The first-order chi connectivity index (χ1) is 10.4. The van der Waals surface area contributed by atoms with E-state index in [1.165, 1.54) is 0 Å². The number of nitrogens with zero attached hydrogens (tertiary/aromatic N) is 3. The smallest absolute Gasteiger partial charge is 0.244 e. The highest BCUT2D eigenvalue weighted by Gasteiger charge is 2.18. The number of benzene rings is 1. The van der Waals surface area contributed by atoms with Crippen molar-refractivity contribution in [2.75, 3.05) is 12.4 Å². The molecule has 0 unspecified atom stereocenters. The SMILES string of the molecule is C[C@@H](Nc1ccc(Cl)cc1Cl)C(=O)N(C)Cc1cnn(C)c1. The van der Waals surface area contributed by atoms with E-state index < -0.39 is 6.04 Å². The van der Waals surface area contributed by atoms with E-state index in [1.54, 1.807) is 47.9 Å². The molecule has 5 nitrogen and oxygen atoms in total. The fraction of sp³-hybridized carbons (Fsp3) is 0.333. The number of aryl methyl sites for hydroxylation is 1. The summed E-state index contributed by atoms with van der Waals surface area (Å²) < 4.78 is 1.71. The van der Waals surface area contributed by atoms with Gasteiger partial charge in [-0.3, -0.25) is 9.48 Å². The summed E-state index contributed by atoms with van der Waals surface area (Å²) in [7, 11) is 3.61. The van der Waals surface area contributed by atoms with Gasteiger partial charge in [0, 0.05) is 37.4 Å². The molecular weight excluding hydrogens is 323 g/mol. The molecule has 1 amide bonds. The molecule has 0 bridgehead atoms. The Bertz CT molecular complexity index is 671. The van der Waals surface area contributed by atoms with Crippen LogP contribution in [0.4, 0.5) is 5.69 Å². The lowest BCUT2D eigenvalue weighted by molar-refractivity contribution is -0.130. The van der Waals surface area contributed by atoms with Gasteiger partial charge in [-0.25, -0.2) is 0 Å². The van der Waals surface area contributed by atoms with Crippen molar-refractivity contribution in [1.82, 2.24) is 14.7 Å². The Hall–Kier alpha value is -1.72. The van der Waals surface area contributed by atoms with Crippen LogP contribution in [0.15, 0.2) is 30.6 Å². The first-order valence-corrected chi connectivity index (χ1v) is 7.56. The fourth-order valence-corrected chi connectivity index (χ4v) is 2.60. The Balaban J connectivity index is 1.98. The third kappa shape index (κ3) is 4.15. The van der Waals surface area contributed by atoms with Crippen LogP contribution in [-0.4, -0.2) is 33.7 Å². The van der Waals surface area contributed by atoms with Crippen molar-refractivity contribution in [2.24, 2.45) is 7.05 Å². The minimum atomic E-state index is -0.402. The maximum atomic E-state index is 12.4. The second kappa shape index (κ2) is 7.03. The molecule has 7 heteroatoms. The van der Waals surface area contributed by atoms with Crippen LogP contribution in [0.3, 0.4) is 0 Å². The highest BCUT2D eigenvalue weighted by Crippen LogP contribution is 2.26. The minimum Gasteiger partial charge on any atom is -0.373 e. The monoisotopic (exact) mass is 340 g/mol. The Morgan fingerprint density at radius 1 is 1.45 bits per heavy atom. The van der Waals surface area contributed by atoms with Crippen LogP contribution in [0, 0.1) is 0 Å². The van der Waals surface area contributed by atoms with Crippen LogP contribution in [0.1, 0.15) is 12.5 Å². The second-order valence-corrected chi connectivity index (χ2v) is 6.05.